The molecule has 0 N–H and O–H groups in total. The summed E-state index contributed by atoms with van der Waals surface area (Å²) in [5, 5.41) is 0. The van der Waals surface area contributed by atoms with Crippen molar-refractivity contribution in [2.24, 2.45) is 5.41 Å². The fourth-order valence-corrected chi connectivity index (χ4v) is 2.80. The molecule has 0 spiro atoms. The normalized spacial score (nSPS) is 14.8. The van der Waals surface area contributed by atoms with E-state index in [1.165, 1.54) is 16.7 Å². The second kappa shape index (κ2) is 5.44. The SMILES string of the molecule is Cc1ccccc1C[C@](C)(c1ccccc1)C(C)(C)C. The van der Waals surface area contributed by atoms with Crippen molar-refractivity contribution >= 4 is 0 Å². The summed E-state index contributed by atoms with van der Waals surface area (Å²) in [5.74, 6) is 0. The zero-order chi connectivity index (χ0) is 14.8. The minimum Gasteiger partial charge on any atom is -0.0622 e. The van der Waals surface area contributed by atoms with E-state index in [2.05, 4.69) is 89.2 Å². The van der Waals surface area contributed by atoms with Crippen LogP contribution in [0.4, 0.5) is 0 Å². The Morgan fingerprint density at radius 3 is 1.85 bits per heavy atom. The van der Waals surface area contributed by atoms with Crippen molar-refractivity contribution in [2.45, 2.75) is 46.5 Å². The number of aryl methyl sites for hydroxylation is 1. The Hall–Kier alpha value is -1.56. The first-order valence-electron chi connectivity index (χ1n) is 7.45. The van der Waals surface area contributed by atoms with Gasteiger partial charge in [-0.1, -0.05) is 82.3 Å². The lowest BCUT2D eigenvalue weighted by Crippen LogP contribution is -2.39. The molecule has 0 aliphatic carbocycles. The highest BCUT2D eigenvalue weighted by Gasteiger charge is 2.39. The minimum absolute atomic E-state index is 0.125. The lowest BCUT2D eigenvalue weighted by Gasteiger charge is -2.43. The number of hydrogen-bond donors (Lipinski definition) is 0. The molecule has 0 fully saturated rings. The van der Waals surface area contributed by atoms with Crippen molar-refractivity contribution in [1.82, 2.24) is 0 Å². The summed E-state index contributed by atoms with van der Waals surface area (Å²) in [7, 11) is 0. The average Bonchev–Trinajstić information content (AvgIpc) is 2.41. The van der Waals surface area contributed by atoms with Crippen LogP contribution in [0.3, 0.4) is 0 Å². The van der Waals surface area contributed by atoms with Gasteiger partial charge in [0.25, 0.3) is 0 Å². The molecule has 0 heterocycles. The summed E-state index contributed by atoms with van der Waals surface area (Å²) in [5.41, 5.74) is 4.60. The van der Waals surface area contributed by atoms with Crippen molar-refractivity contribution < 1.29 is 0 Å². The van der Waals surface area contributed by atoms with Crippen LogP contribution >= 0.6 is 0 Å². The van der Waals surface area contributed by atoms with Crippen molar-refractivity contribution in [2.75, 3.05) is 0 Å². The topological polar surface area (TPSA) is 0 Å². The van der Waals surface area contributed by atoms with Crippen molar-refractivity contribution in [3.8, 4) is 0 Å². The molecule has 0 saturated heterocycles. The highest BCUT2D eigenvalue weighted by molar-refractivity contribution is 5.34. The molecule has 2 aromatic carbocycles. The first kappa shape index (κ1) is 14.8. The van der Waals surface area contributed by atoms with Gasteiger partial charge in [-0.3, -0.25) is 0 Å². The molecule has 0 nitrogen and oxygen atoms in total. The first-order chi connectivity index (χ1) is 9.34. The maximum absolute atomic E-state index is 2.40. The van der Waals surface area contributed by atoms with Gasteiger partial charge in [-0.25, -0.2) is 0 Å². The van der Waals surface area contributed by atoms with Crippen LogP contribution in [0.2, 0.25) is 0 Å². The molecule has 2 aromatic rings. The summed E-state index contributed by atoms with van der Waals surface area (Å²) in [4.78, 5) is 0. The predicted octanol–water partition coefficient (Wildman–Crippen LogP) is 5.54. The lowest BCUT2D eigenvalue weighted by molar-refractivity contribution is 0.201. The third-order valence-corrected chi connectivity index (χ3v) is 4.87. The van der Waals surface area contributed by atoms with E-state index in [4.69, 9.17) is 0 Å². The fourth-order valence-electron chi connectivity index (χ4n) is 2.80. The molecule has 0 amide bonds. The van der Waals surface area contributed by atoms with Crippen LogP contribution in [-0.4, -0.2) is 0 Å². The fraction of sp³-hybridized carbons (Fsp3) is 0.400. The van der Waals surface area contributed by atoms with Crippen LogP contribution in [0.25, 0.3) is 0 Å². The van der Waals surface area contributed by atoms with Gasteiger partial charge in [0.2, 0.25) is 0 Å². The van der Waals surface area contributed by atoms with Gasteiger partial charge in [-0.15, -0.1) is 0 Å². The van der Waals surface area contributed by atoms with Gasteiger partial charge in [0.1, 0.15) is 0 Å². The second-order valence-corrected chi connectivity index (χ2v) is 7.05. The molecule has 0 saturated carbocycles. The third kappa shape index (κ3) is 2.80. The van der Waals surface area contributed by atoms with E-state index < -0.39 is 0 Å². The molecule has 0 aliphatic rings. The van der Waals surface area contributed by atoms with Crippen LogP contribution in [0.15, 0.2) is 54.6 Å². The van der Waals surface area contributed by atoms with Crippen molar-refractivity contribution in [1.29, 1.82) is 0 Å². The summed E-state index contributed by atoms with van der Waals surface area (Å²) in [6.07, 6.45) is 1.08. The van der Waals surface area contributed by atoms with E-state index >= 15 is 0 Å². The van der Waals surface area contributed by atoms with E-state index in [1.807, 2.05) is 0 Å². The molecule has 20 heavy (non-hydrogen) atoms. The largest absolute Gasteiger partial charge is 0.0622 e. The summed E-state index contributed by atoms with van der Waals surface area (Å²) >= 11 is 0. The highest BCUT2D eigenvalue weighted by atomic mass is 14.4. The Labute approximate surface area is 123 Å². The summed E-state index contributed by atoms with van der Waals surface area (Å²) in [6, 6.07) is 19.7. The van der Waals surface area contributed by atoms with E-state index in [1.54, 1.807) is 0 Å². The molecule has 106 valence electrons. The molecule has 0 radical (unpaired) electrons. The Balaban J connectivity index is 2.47. The smallest absolute Gasteiger partial charge is 0.00136 e. The lowest BCUT2D eigenvalue weighted by atomic mass is 9.61. The average molecular weight is 266 g/mol. The zero-order valence-electron chi connectivity index (χ0n) is 13.4. The highest BCUT2D eigenvalue weighted by Crippen LogP contribution is 2.44. The molecule has 0 heteroatoms. The van der Waals surface area contributed by atoms with Gasteiger partial charge in [-0.2, -0.15) is 0 Å². The van der Waals surface area contributed by atoms with Crippen LogP contribution < -0.4 is 0 Å². The maximum atomic E-state index is 2.40. The van der Waals surface area contributed by atoms with Crippen LogP contribution in [0.1, 0.15) is 44.4 Å². The van der Waals surface area contributed by atoms with E-state index in [-0.39, 0.29) is 10.8 Å². The van der Waals surface area contributed by atoms with Gasteiger partial charge in [0.05, 0.1) is 0 Å². The third-order valence-electron chi connectivity index (χ3n) is 4.87. The molecule has 0 bridgehead atoms. The molecular formula is C20H26. The van der Waals surface area contributed by atoms with Crippen LogP contribution in [-0.2, 0) is 11.8 Å². The van der Waals surface area contributed by atoms with Gasteiger partial charge in [-0.05, 0) is 35.4 Å². The van der Waals surface area contributed by atoms with Crippen molar-refractivity contribution in [3.63, 3.8) is 0 Å². The summed E-state index contributed by atoms with van der Waals surface area (Å²) < 4.78 is 0. The second-order valence-electron chi connectivity index (χ2n) is 7.05. The molecular weight excluding hydrogens is 240 g/mol. The minimum atomic E-state index is 0.125. The van der Waals surface area contributed by atoms with Gasteiger partial charge in [0, 0.05) is 5.41 Å². The standard InChI is InChI=1S/C20H26/c1-16-11-9-10-12-17(16)15-20(5,19(2,3)4)18-13-7-6-8-14-18/h6-14H,15H2,1-5H3/t20-/m1/s1. The van der Waals surface area contributed by atoms with Crippen LogP contribution in [0, 0.1) is 12.3 Å². The molecule has 0 aromatic heterocycles. The monoisotopic (exact) mass is 266 g/mol. The van der Waals surface area contributed by atoms with Crippen molar-refractivity contribution in [3.05, 3.63) is 71.3 Å². The quantitative estimate of drug-likeness (QED) is 0.684. The van der Waals surface area contributed by atoms with E-state index in [0.29, 0.717) is 0 Å². The maximum Gasteiger partial charge on any atom is 0.00136 e. The van der Waals surface area contributed by atoms with Gasteiger partial charge < -0.3 is 0 Å². The van der Waals surface area contributed by atoms with E-state index in [0.717, 1.165) is 6.42 Å². The number of rotatable bonds is 3. The Bertz CT molecular complexity index is 560. The molecule has 0 aliphatic heterocycles. The zero-order valence-corrected chi connectivity index (χ0v) is 13.4. The molecule has 0 unspecified atom stereocenters. The summed E-state index contributed by atoms with van der Waals surface area (Å²) in [6.45, 7) is 11.6. The first-order valence-corrected chi connectivity index (χ1v) is 7.45. The number of hydrogen-bond acceptors (Lipinski definition) is 0. The molecule has 2 rings (SSSR count). The van der Waals surface area contributed by atoms with Crippen LogP contribution in [0.5, 0.6) is 0 Å². The molecule has 1 atom stereocenters. The number of benzene rings is 2. The van der Waals surface area contributed by atoms with Gasteiger partial charge >= 0.3 is 0 Å². The predicted molar refractivity (Wildman–Crippen MR) is 88.1 cm³/mol. The Morgan fingerprint density at radius 1 is 0.750 bits per heavy atom. The Kier molecular flexibility index (Phi) is 4.04. The van der Waals surface area contributed by atoms with Gasteiger partial charge in [0.15, 0.2) is 0 Å². The Morgan fingerprint density at radius 2 is 1.30 bits per heavy atom. The van der Waals surface area contributed by atoms with E-state index in [9.17, 15) is 0 Å².